The smallest absolute Gasteiger partial charge is 0.129 e. The Kier molecular flexibility index (Phi) is 5.59. The van der Waals surface area contributed by atoms with Crippen LogP contribution in [0.4, 0.5) is 5.82 Å². The predicted molar refractivity (Wildman–Crippen MR) is 89.7 cm³/mol. The Bertz CT molecular complexity index is 448. The standard InChI is InChI=1S/C17H30N4/c1-13(2)16-9-15(11-18)10-17(19-16)21-7-5-14(6-8-21)12-20(3)4/h9-10,13-14H,5-8,11-12,18H2,1-4H3. The highest BCUT2D eigenvalue weighted by Gasteiger charge is 2.21. The number of nitrogens with zero attached hydrogens (tertiary/aromatic N) is 3. The van der Waals surface area contributed by atoms with Crippen molar-refractivity contribution in [2.45, 2.75) is 39.2 Å². The van der Waals surface area contributed by atoms with Crippen LogP contribution in [0.5, 0.6) is 0 Å². The van der Waals surface area contributed by atoms with Crippen LogP contribution in [-0.2, 0) is 6.54 Å². The van der Waals surface area contributed by atoms with E-state index in [0.717, 1.165) is 30.5 Å². The largest absolute Gasteiger partial charge is 0.357 e. The van der Waals surface area contributed by atoms with Gasteiger partial charge in [0.15, 0.2) is 0 Å². The molecule has 4 nitrogen and oxygen atoms in total. The molecule has 1 saturated heterocycles. The van der Waals surface area contributed by atoms with Gasteiger partial charge in [-0.15, -0.1) is 0 Å². The molecular formula is C17H30N4. The average Bonchev–Trinajstić information content (AvgIpc) is 2.46. The van der Waals surface area contributed by atoms with Gasteiger partial charge in [-0.05, 0) is 56.5 Å². The lowest BCUT2D eigenvalue weighted by Gasteiger charge is -2.34. The summed E-state index contributed by atoms with van der Waals surface area (Å²) < 4.78 is 0. The highest BCUT2D eigenvalue weighted by Crippen LogP contribution is 2.25. The van der Waals surface area contributed by atoms with Gasteiger partial charge in [0.05, 0.1) is 0 Å². The zero-order valence-corrected chi connectivity index (χ0v) is 14.0. The maximum atomic E-state index is 5.84. The van der Waals surface area contributed by atoms with Crippen molar-refractivity contribution in [3.8, 4) is 0 Å². The van der Waals surface area contributed by atoms with Gasteiger partial charge in [-0.3, -0.25) is 0 Å². The van der Waals surface area contributed by atoms with Crippen LogP contribution in [0.15, 0.2) is 12.1 Å². The molecule has 0 bridgehead atoms. The molecule has 0 unspecified atom stereocenters. The van der Waals surface area contributed by atoms with Gasteiger partial charge in [0.25, 0.3) is 0 Å². The summed E-state index contributed by atoms with van der Waals surface area (Å²) in [5, 5.41) is 0. The third kappa shape index (κ3) is 4.42. The molecule has 0 aromatic carbocycles. The SMILES string of the molecule is CC(C)c1cc(CN)cc(N2CCC(CN(C)C)CC2)n1. The van der Waals surface area contributed by atoms with E-state index in [0.29, 0.717) is 12.5 Å². The van der Waals surface area contributed by atoms with Crippen LogP contribution in [0.2, 0.25) is 0 Å². The topological polar surface area (TPSA) is 45.4 Å². The summed E-state index contributed by atoms with van der Waals surface area (Å²) in [7, 11) is 4.32. The molecule has 0 aliphatic carbocycles. The van der Waals surface area contributed by atoms with Crippen LogP contribution < -0.4 is 10.6 Å². The first-order chi connectivity index (χ1) is 9.99. The fraction of sp³-hybridized carbons (Fsp3) is 0.706. The number of piperidine rings is 1. The molecule has 1 aromatic heterocycles. The van der Waals surface area contributed by atoms with E-state index in [1.54, 1.807) is 0 Å². The molecule has 1 aromatic rings. The van der Waals surface area contributed by atoms with Crippen LogP contribution in [0.1, 0.15) is 43.9 Å². The Morgan fingerprint density at radius 1 is 1.29 bits per heavy atom. The van der Waals surface area contributed by atoms with E-state index in [1.165, 1.54) is 24.9 Å². The van der Waals surface area contributed by atoms with E-state index in [4.69, 9.17) is 10.7 Å². The van der Waals surface area contributed by atoms with E-state index < -0.39 is 0 Å². The fourth-order valence-corrected chi connectivity index (χ4v) is 3.03. The van der Waals surface area contributed by atoms with Gasteiger partial charge in [-0.1, -0.05) is 13.8 Å². The maximum Gasteiger partial charge on any atom is 0.129 e. The Labute approximate surface area is 129 Å². The number of hydrogen-bond donors (Lipinski definition) is 1. The molecular weight excluding hydrogens is 260 g/mol. The molecule has 0 saturated carbocycles. The van der Waals surface area contributed by atoms with Crippen molar-refractivity contribution >= 4 is 5.82 Å². The van der Waals surface area contributed by atoms with Crippen molar-refractivity contribution in [1.82, 2.24) is 9.88 Å². The second-order valence-corrected chi connectivity index (χ2v) is 6.81. The molecule has 0 spiro atoms. The van der Waals surface area contributed by atoms with E-state index in [-0.39, 0.29) is 0 Å². The number of hydrogen-bond acceptors (Lipinski definition) is 4. The van der Waals surface area contributed by atoms with Crippen LogP contribution in [0, 0.1) is 5.92 Å². The van der Waals surface area contributed by atoms with Crippen molar-refractivity contribution in [1.29, 1.82) is 0 Å². The van der Waals surface area contributed by atoms with Crippen molar-refractivity contribution in [2.75, 3.05) is 38.6 Å². The maximum absolute atomic E-state index is 5.84. The minimum absolute atomic E-state index is 0.446. The Morgan fingerprint density at radius 2 is 1.95 bits per heavy atom. The lowest BCUT2D eigenvalue weighted by molar-refractivity contribution is 0.284. The normalized spacial score (nSPS) is 17.0. The molecule has 4 heteroatoms. The van der Waals surface area contributed by atoms with Gasteiger partial charge in [-0.2, -0.15) is 0 Å². The van der Waals surface area contributed by atoms with Crippen molar-refractivity contribution < 1.29 is 0 Å². The number of aromatic nitrogens is 1. The molecule has 0 amide bonds. The number of nitrogens with two attached hydrogens (primary N) is 1. The highest BCUT2D eigenvalue weighted by molar-refractivity contribution is 5.43. The first-order valence-electron chi connectivity index (χ1n) is 8.10. The number of pyridine rings is 1. The number of rotatable bonds is 5. The Morgan fingerprint density at radius 3 is 2.48 bits per heavy atom. The first-order valence-corrected chi connectivity index (χ1v) is 8.10. The molecule has 0 atom stereocenters. The highest BCUT2D eigenvalue weighted by atomic mass is 15.2. The summed E-state index contributed by atoms with van der Waals surface area (Å²) in [5.41, 5.74) is 8.19. The summed E-state index contributed by atoms with van der Waals surface area (Å²) in [4.78, 5) is 9.57. The minimum atomic E-state index is 0.446. The first kappa shape index (κ1) is 16.2. The summed E-state index contributed by atoms with van der Waals surface area (Å²) in [6.07, 6.45) is 2.51. The average molecular weight is 290 g/mol. The molecule has 2 N–H and O–H groups in total. The van der Waals surface area contributed by atoms with Crippen LogP contribution in [0.25, 0.3) is 0 Å². The molecule has 0 radical (unpaired) electrons. The Hall–Kier alpha value is -1.13. The lowest BCUT2D eigenvalue weighted by atomic mass is 9.96. The van der Waals surface area contributed by atoms with E-state index in [1.807, 2.05) is 0 Å². The number of anilines is 1. The quantitative estimate of drug-likeness (QED) is 0.905. The molecule has 2 heterocycles. The monoisotopic (exact) mass is 290 g/mol. The second-order valence-electron chi connectivity index (χ2n) is 6.81. The molecule has 1 aliphatic rings. The van der Waals surface area contributed by atoms with Gasteiger partial charge < -0.3 is 15.5 Å². The predicted octanol–water partition coefficient (Wildman–Crippen LogP) is 2.44. The third-order valence-corrected chi connectivity index (χ3v) is 4.28. The van der Waals surface area contributed by atoms with Crippen LogP contribution in [-0.4, -0.2) is 43.6 Å². The summed E-state index contributed by atoms with van der Waals surface area (Å²) in [5.74, 6) is 2.38. The van der Waals surface area contributed by atoms with E-state index in [2.05, 4.69) is 49.9 Å². The van der Waals surface area contributed by atoms with Crippen molar-refractivity contribution in [2.24, 2.45) is 11.7 Å². The summed E-state index contributed by atoms with van der Waals surface area (Å²) in [6, 6.07) is 4.31. The van der Waals surface area contributed by atoms with Gasteiger partial charge >= 0.3 is 0 Å². The van der Waals surface area contributed by atoms with Crippen LogP contribution in [0.3, 0.4) is 0 Å². The van der Waals surface area contributed by atoms with Gasteiger partial charge in [-0.25, -0.2) is 4.98 Å². The summed E-state index contributed by atoms with van der Waals surface area (Å²) in [6.45, 7) is 8.38. The zero-order chi connectivity index (χ0) is 15.4. The van der Waals surface area contributed by atoms with Gasteiger partial charge in [0.1, 0.15) is 5.82 Å². The molecule has 2 rings (SSSR count). The zero-order valence-electron chi connectivity index (χ0n) is 14.0. The van der Waals surface area contributed by atoms with E-state index >= 15 is 0 Å². The second kappa shape index (κ2) is 7.23. The lowest BCUT2D eigenvalue weighted by Crippen LogP contribution is -2.37. The molecule has 21 heavy (non-hydrogen) atoms. The summed E-state index contributed by atoms with van der Waals surface area (Å²) >= 11 is 0. The van der Waals surface area contributed by atoms with Gasteiger partial charge in [0, 0.05) is 31.9 Å². The molecule has 1 fully saturated rings. The van der Waals surface area contributed by atoms with Crippen molar-refractivity contribution in [3.63, 3.8) is 0 Å². The minimum Gasteiger partial charge on any atom is -0.357 e. The molecule has 1 aliphatic heterocycles. The van der Waals surface area contributed by atoms with Crippen molar-refractivity contribution in [3.05, 3.63) is 23.4 Å². The van der Waals surface area contributed by atoms with E-state index in [9.17, 15) is 0 Å². The van der Waals surface area contributed by atoms with Gasteiger partial charge in [0.2, 0.25) is 0 Å². The fourth-order valence-electron chi connectivity index (χ4n) is 3.03. The Balaban J connectivity index is 2.07. The van der Waals surface area contributed by atoms with Crippen LogP contribution >= 0.6 is 0 Å². The third-order valence-electron chi connectivity index (χ3n) is 4.28. The molecule has 118 valence electrons.